The molecule has 0 aliphatic heterocycles. The summed E-state index contributed by atoms with van der Waals surface area (Å²) in [7, 11) is 0. The highest BCUT2D eigenvalue weighted by atomic mass is 14.8. The van der Waals surface area contributed by atoms with Crippen LogP contribution in [0, 0.1) is 0 Å². The summed E-state index contributed by atoms with van der Waals surface area (Å²) >= 11 is 0. The van der Waals surface area contributed by atoms with Gasteiger partial charge in [-0.1, -0.05) is 38.2 Å². The molecule has 4 N–H and O–H groups in total. The summed E-state index contributed by atoms with van der Waals surface area (Å²) in [5.41, 5.74) is 11.6. The molecule has 0 aliphatic carbocycles. The molecule has 0 aromatic heterocycles. The lowest BCUT2D eigenvalue weighted by molar-refractivity contribution is 0.702. The standard InChI is InChI=1S/C10H20N2/c1-3-5-7-9(11)10(12)8-6-4-2/h5-10H,3-4,11-12H2,1-2H3. The molecule has 0 radical (unpaired) electrons. The summed E-state index contributed by atoms with van der Waals surface area (Å²) in [6, 6.07) is -0.0968. The Morgan fingerprint density at radius 2 is 1.25 bits per heavy atom. The van der Waals surface area contributed by atoms with Gasteiger partial charge in [0.05, 0.1) is 0 Å². The third-order valence-electron chi connectivity index (χ3n) is 1.63. The van der Waals surface area contributed by atoms with E-state index >= 15 is 0 Å². The maximum absolute atomic E-state index is 5.78. The van der Waals surface area contributed by atoms with Gasteiger partial charge < -0.3 is 11.5 Å². The second-order valence-corrected chi connectivity index (χ2v) is 2.83. The van der Waals surface area contributed by atoms with E-state index in [1.165, 1.54) is 0 Å². The molecular weight excluding hydrogens is 148 g/mol. The van der Waals surface area contributed by atoms with E-state index in [-0.39, 0.29) is 12.1 Å². The van der Waals surface area contributed by atoms with Crippen molar-refractivity contribution in [3.8, 4) is 0 Å². The van der Waals surface area contributed by atoms with Gasteiger partial charge in [-0.05, 0) is 12.8 Å². The Balaban J connectivity index is 3.83. The van der Waals surface area contributed by atoms with Crippen LogP contribution in [0.1, 0.15) is 26.7 Å². The van der Waals surface area contributed by atoms with E-state index in [2.05, 4.69) is 13.8 Å². The van der Waals surface area contributed by atoms with E-state index in [0.717, 1.165) is 12.8 Å². The number of nitrogens with two attached hydrogens (primary N) is 2. The Hall–Kier alpha value is -0.600. The summed E-state index contributed by atoms with van der Waals surface area (Å²) in [6.45, 7) is 4.16. The Bertz CT molecular complexity index is 132. The average Bonchev–Trinajstić information content (AvgIpc) is 2.10. The van der Waals surface area contributed by atoms with Crippen LogP contribution in [0.2, 0.25) is 0 Å². The predicted molar refractivity (Wildman–Crippen MR) is 54.8 cm³/mol. The number of rotatable bonds is 5. The Morgan fingerprint density at radius 1 is 0.917 bits per heavy atom. The summed E-state index contributed by atoms with van der Waals surface area (Å²) in [6.07, 6.45) is 10.0. The highest BCUT2D eigenvalue weighted by Gasteiger charge is 2.04. The van der Waals surface area contributed by atoms with Crippen molar-refractivity contribution in [2.45, 2.75) is 38.8 Å². The van der Waals surface area contributed by atoms with Gasteiger partial charge in [0.25, 0.3) is 0 Å². The Kier molecular flexibility index (Phi) is 6.72. The lowest BCUT2D eigenvalue weighted by Gasteiger charge is -2.11. The van der Waals surface area contributed by atoms with Crippen molar-refractivity contribution >= 4 is 0 Å². The topological polar surface area (TPSA) is 52.0 Å². The highest BCUT2D eigenvalue weighted by Crippen LogP contribution is 1.94. The smallest absolute Gasteiger partial charge is 0.0414 e. The van der Waals surface area contributed by atoms with Crippen molar-refractivity contribution < 1.29 is 0 Å². The fraction of sp³-hybridized carbons (Fsp3) is 0.600. The maximum atomic E-state index is 5.78. The molecule has 0 aromatic rings. The van der Waals surface area contributed by atoms with E-state index in [1.54, 1.807) is 0 Å². The van der Waals surface area contributed by atoms with E-state index in [4.69, 9.17) is 11.5 Å². The lowest BCUT2D eigenvalue weighted by atomic mass is 10.1. The van der Waals surface area contributed by atoms with Crippen LogP contribution in [0.15, 0.2) is 24.3 Å². The number of hydrogen-bond donors (Lipinski definition) is 2. The van der Waals surface area contributed by atoms with Crippen molar-refractivity contribution in [2.75, 3.05) is 0 Å². The van der Waals surface area contributed by atoms with Crippen LogP contribution in [0.25, 0.3) is 0 Å². The van der Waals surface area contributed by atoms with Crippen molar-refractivity contribution in [1.29, 1.82) is 0 Å². The second-order valence-electron chi connectivity index (χ2n) is 2.83. The molecule has 0 fully saturated rings. The molecular formula is C10H20N2. The van der Waals surface area contributed by atoms with Crippen LogP contribution in [0.4, 0.5) is 0 Å². The summed E-state index contributed by atoms with van der Waals surface area (Å²) in [4.78, 5) is 0. The van der Waals surface area contributed by atoms with E-state index in [0.29, 0.717) is 0 Å². The van der Waals surface area contributed by atoms with Gasteiger partial charge in [-0.25, -0.2) is 0 Å². The molecule has 12 heavy (non-hydrogen) atoms. The van der Waals surface area contributed by atoms with Crippen LogP contribution < -0.4 is 11.5 Å². The minimum atomic E-state index is -0.0484. The minimum absolute atomic E-state index is 0.0484. The molecule has 2 heteroatoms. The van der Waals surface area contributed by atoms with Gasteiger partial charge in [-0.3, -0.25) is 0 Å². The number of allylic oxidation sites excluding steroid dienone is 2. The first kappa shape index (κ1) is 11.4. The fourth-order valence-corrected chi connectivity index (χ4v) is 0.843. The molecule has 0 rings (SSSR count). The maximum Gasteiger partial charge on any atom is 0.0414 e. The lowest BCUT2D eigenvalue weighted by Crippen LogP contribution is -2.38. The first-order valence-electron chi connectivity index (χ1n) is 4.56. The van der Waals surface area contributed by atoms with E-state index in [9.17, 15) is 0 Å². The molecule has 0 amide bonds. The molecule has 0 aliphatic rings. The monoisotopic (exact) mass is 168 g/mol. The number of hydrogen-bond acceptors (Lipinski definition) is 2. The van der Waals surface area contributed by atoms with Gasteiger partial charge in [0.1, 0.15) is 0 Å². The van der Waals surface area contributed by atoms with Crippen LogP contribution in [-0.4, -0.2) is 12.1 Å². The molecule has 70 valence electrons. The van der Waals surface area contributed by atoms with Crippen LogP contribution in [0.5, 0.6) is 0 Å². The van der Waals surface area contributed by atoms with Crippen LogP contribution in [-0.2, 0) is 0 Å². The van der Waals surface area contributed by atoms with Gasteiger partial charge in [0, 0.05) is 12.1 Å². The van der Waals surface area contributed by atoms with Crippen molar-refractivity contribution in [2.24, 2.45) is 11.5 Å². The third-order valence-corrected chi connectivity index (χ3v) is 1.63. The van der Waals surface area contributed by atoms with E-state index < -0.39 is 0 Å². The van der Waals surface area contributed by atoms with Crippen molar-refractivity contribution in [3.05, 3.63) is 24.3 Å². The molecule has 0 saturated heterocycles. The molecule has 2 unspecified atom stereocenters. The molecule has 2 atom stereocenters. The zero-order valence-corrected chi connectivity index (χ0v) is 8.03. The van der Waals surface area contributed by atoms with Gasteiger partial charge in [-0.2, -0.15) is 0 Å². The fourth-order valence-electron chi connectivity index (χ4n) is 0.843. The predicted octanol–water partition coefficient (Wildman–Crippen LogP) is 1.57. The normalized spacial score (nSPS) is 17.3. The van der Waals surface area contributed by atoms with E-state index in [1.807, 2.05) is 24.3 Å². The molecule has 0 bridgehead atoms. The molecule has 0 heterocycles. The summed E-state index contributed by atoms with van der Waals surface area (Å²) in [5, 5.41) is 0. The first-order valence-corrected chi connectivity index (χ1v) is 4.56. The zero-order valence-electron chi connectivity index (χ0n) is 8.03. The average molecular weight is 168 g/mol. The molecule has 0 saturated carbocycles. The quantitative estimate of drug-likeness (QED) is 0.612. The third kappa shape index (κ3) is 5.10. The second kappa shape index (κ2) is 7.07. The SMILES string of the molecule is CCC=CC(N)C(N)C=CCC. The molecule has 0 spiro atoms. The van der Waals surface area contributed by atoms with Crippen molar-refractivity contribution in [3.63, 3.8) is 0 Å². The van der Waals surface area contributed by atoms with Crippen LogP contribution in [0.3, 0.4) is 0 Å². The summed E-state index contributed by atoms with van der Waals surface area (Å²) < 4.78 is 0. The zero-order chi connectivity index (χ0) is 9.40. The van der Waals surface area contributed by atoms with Gasteiger partial charge in [-0.15, -0.1) is 0 Å². The van der Waals surface area contributed by atoms with Gasteiger partial charge >= 0.3 is 0 Å². The van der Waals surface area contributed by atoms with Gasteiger partial charge in [0.15, 0.2) is 0 Å². The Labute approximate surface area is 75.3 Å². The van der Waals surface area contributed by atoms with Crippen LogP contribution >= 0.6 is 0 Å². The van der Waals surface area contributed by atoms with Crippen molar-refractivity contribution in [1.82, 2.24) is 0 Å². The first-order chi connectivity index (χ1) is 5.72. The minimum Gasteiger partial charge on any atom is -0.323 e. The summed E-state index contributed by atoms with van der Waals surface area (Å²) in [5.74, 6) is 0. The highest BCUT2D eigenvalue weighted by molar-refractivity contribution is 5.05. The molecule has 2 nitrogen and oxygen atoms in total. The largest absolute Gasteiger partial charge is 0.323 e. The Morgan fingerprint density at radius 3 is 1.50 bits per heavy atom. The van der Waals surface area contributed by atoms with Gasteiger partial charge in [0.2, 0.25) is 0 Å². The molecule has 0 aromatic carbocycles.